The van der Waals surface area contributed by atoms with Gasteiger partial charge in [-0.1, -0.05) is 18.2 Å². The van der Waals surface area contributed by atoms with E-state index < -0.39 is 0 Å². The number of carbonyl (C=O) groups is 1. The molecule has 148 valence electrons. The van der Waals surface area contributed by atoms with Gasteiger partial charge >= 0.3 is 0 Å². The molecule has 6 heteroatoms. The third kappa shape index (κ3) is 5.57. The standard InChI is InChI=1S/C22H27N3O3/c1-3-27-18-12-10-17(11-13-18)21(26)25-22(23-15-19-8-6-14-28-19)24-20-9-5-4-7-16(20)2/h4-5,7,9-13,19H,3,6,8,14-15H2,1-2H3,(H2,23,24,25,26)/t19-/m1/s1. The maximum Gasteiger partial charge on any atom is 0.257 e. The van der Waals surface area contributed by atoms with E-state index in [9.17, 15) is 4.79 Å². The van der Waals surface area contributed by atoms with Crippen molar-refractivity contribution in [3.63, 3.8) is 0 Å². The quantitative estimate of drug-likeness (QED) is 0.590. The van der Waals surface area contributed by atoms with Crippen LogP contribution in [-0.2, 0) is 4.74 Å². The van der Waals surface area contributed by atoms with E-state index in [4.69, 9.17) is 9.47 Å². The van der Waals surface area contributed by atoms with Crippen molar-refractivity contribution in [1.29, 1.82) is 0 Å². The topological polar surface area (TPSA) is 72.0 Å². The summed E-state index contributed by atoms with van der Waals surface area (Å²) in [7, 11) is 0. The van der Waals surface area contributed by atoms with Gasteiger partial charge in [0.15, 0.2) is 0 Å². The highest BCUT2D eigenvalue weighted by Gasteiger charge is 2.16. The van der Waals surface area contributed by atoms with Gasteiger partial charge in [-0.2, -0.15) is 0 Å². The lowest BCUT2D eigenvalue weighted by molar-refractivity contribution is 0.0975. The molecule has 0 radical (unpaired) electrons. The van der Waals surface area contributed by atoms with Gasteiger partial charge in [0.05, 0.1) is 19.3 Å². The molecule has 0 bridgehead atoms. The highest BCUT2D eigenvalue weighted by molar-refractivity contribution is 6.10. The van der Waals surface area contributed by atoms with Crippen LogP contribution in [0.3, 0.4) is 0 Å². The molecule has 1 atom stereocenters. The summed E-state index contributed by atoms with van der Waals surface area (Å²) >= 11 is 0. The van der Waals surface area contributed by atoms with Crippen LogP contribution in [-0.4, -0.2) is 37.7 Å². The van der Waals surface area contributed by atoms with E-state index in [1.165, 1.54) is 0 Å². The van der Waals surface area contributed by atoms with E-state index in [0.717, 1.165) is 36.4 Å². The second-order valence-electron chi connectivity index (χ2n) is 6.68. The smallest absolute Gasteiger partial charge is 0.257 e. The SMILES string of the molecule is CCOc1ccc(C(=O)NC(=NC[C@H]2CCCO2)Nc2ccccc2C)cc1. The lowest BCUT2D eigenvalue weighted by Crippen LogP contribution is -2.37. The largest absolute Gasteiger partial charge is 0.494 e. The molecule has 0 aliphatic carbocycles. The third-order valence-electron chi connectivity index (χ3n) is 4.53. The van der Waals surface area contributed by atoms with Gasteiger partial charge in [-0.3, -0.25) is 10.1 Å². The Kier molecular flexibility index (Phi) is 7.03. The number of anilines is 1. The van der Waals surface area contributed by atoms with E-state index in [1.54, 1.807) is 24.3 Å². The predicted octanol–water partition coefficient (Wildman–Crippen LogP) is 3.77. The molecule has 0 spiro atoms. The molecule has 1 aliphatic heterocycles. The fraction of sp³-hybridized carbons (Fsp3) is 0.364. The zero-order valence-electron chi connectivity index (χ0n) is 16.4. The molecule has 1 aliphatic rings. The molecule has 2 aromatic carbocycles. The second kappa shape index (κ2) is 9.90. The number of carbonyl (C=O) groups excluding carboxylic acids is 1. The van der Waals surface area contributed by atoms with Crippen molar-refractivity contribution < 1.29 is 14.3 Å². The van der Waals surface area contributed by atoms with Crippen LogP contribution < -0.4 is 15.4 Å². The molecule has 0 saturated carbocycles. The van der Waals surface area contributed by atoms with E-state index in [0.29, 0.717) is 24.7 Å². The van der Waals surface area contributed by atoms with Gasteiger partial charge in [-0.15, -0.1) is 0 Å². The highest BCUT2D eigenvalue weighted by atomic mass is 16.5. The Balaban J connectivity index is 1.72. The normalized spacial score (nSPS) is 16.6. The van der Waals surface area contributed by atoms with Crippen LogP contribution in [0.15, 0.2) is 53.5 Å². The Labute approximate surface area is 166 Å². The summed E-state index contributed by atoms with van der Waals surface area (Å²) in [5, 5.41) is 6.13. The fourth-order valence-electron chi connectivity index (χ4n) is 2.98. The lowest BCUT2D eigenvalue weighted by Gasteiger charge is -2.15. The van der Waals surface area contributed by atoms with Crippen LogP contribution in [0.2, 0.25) is 0 Å². The molecular formula is C22H27N3O3. The summed E-state index contributed by atoms with van der Waals surface area (Å²) < 4.78 is 11.1. The van der Waals surface area contributed by atoms with Gasteiger partial charge in [0.2, 0.25) is 5.96 Å². The van der Waals surface area contributed by atoms with Crippen molar-refractivity contribution in [3.8, 4) is 5.75 Å². The Bertz CT molecular complexity index is 812. The number of guanidine groups is 1. The van der Waals surface area contributed by atoms with Crippen molar-refractivity contribution in [2.75, 3.05) is 25.1 Å². The number of nitrogens with one attached hydrogen (secondary N) is 2. The van der Waals surface area contributed by atoms with E-state index in [2.05, 4.69) is 15.6 Å². The monoisotopic (exact) mass is 381 g/mol. The molecule has 2 N–H and O–H groups in total. The first-order valence-electron chi connectivity index (χ1n) is 9.68. The molecule has 1 amide bonds. The summed E-state index contributed by atoms with van der Waals surface area (Å²) in [6.45, 7) is 5.81. The van der Waals surface area contributed by atoms with Gasteiger partial charge in [0.1, 0.15) is 5.75 Å². The number of aliphatic imine (C=N–C) groups is 1. The summed E-state index contributed by atoms with van der Waals surface area (Å²) in [5.74, 6) is 0.934. The molecular weight excluding hydrogens is 354 g/mol. The van der Waals surface area contributed by atoms with E-state index in [-0.39, 0.29) is 12.0 Å². The number of nitrogens with zero attached hydrogens (tertiary/aromatic N) is 1. The number of hydrogen-bond acceptors (Lipinski definition) is 4. The fourth-order valence-corrected chi connectivity index (χ4v) is 2.98. The van der Waals surface area contributed by atoms with Crippen molar-refractivity contribution in [3.05, 3.63) is 59.7 Å². The van der Waals surface area contributed by atoms with Crippen molar-refractivity contribution in [1.82, 2.24) is 5.32 Å². The minimum Gasteiger partial charge on any atom is -0.494 e. The Morgan fingerprint density at radius 3 is 2.68 bits per heavy atom. The van der Waals surface area contributed by atoms with E-state index in [1.807, 2.05) is 38.1 Å². The molecule has 0 aromatic heterocycles. The van der Waals surface area contributed by atoms with Gasteiger partial charge in [-0.05, 0) is 62.6 Å². The van der Waals surface area contributed by atoms with Crippen LogP contribution in [0.1, 0.15) is 35.7 Å². The average Bonchev–Trinajstić information content (AvgIpc) is 3.22. The summed E-state index contributed by atoms with van der Waals surface area (Å²) in [5.41, 5.74) is 2.52. The molecule has 2 aromatic rings. The minimum absolute atomic E-state index is 0.107. The molecule has 1 heterocycles. The van der Waals surface area contributed by atoms with Gasteiger partial charge in [0.25, 0.3) is 5.91 Å². The predicted molar refractivity (Wildman–Crippen MR) is 111 cm³/mol. The maximum absolute atomic E-state index is 12.7. The summed E-state index contributed by atoms with van der Waals surface area (Å²) in [6.07, 6.45) is 2.16. The minimum atomic E-state index is -0.227. The third-order valence-corrected chi connectivity index (χ3v) is 4.53. The number of para-hydroxylation sites is 1. The highest BCUT2D eigenvalue weighted by Crippen LogP contribution is 2.15. The molecule has 28 heavy (non-hydrogen) atoms. The molecule has 1 saturated heterocycles. The van der Waals surface area contributed by atoms with E-state index >= 15 is 0 Å². The summed E-state index contributed by atoms with van der Waals surface area (Å²) in [4.78, 5) is 17.3. The molecule has 1 fully saturated rings. The number of ether oxygens (including phenoxy) is 2. The van der Waals surface area contributed by atoms with Crippen molar-refractivity contribution in [2.45, 2.75) is 32.8 Å². The van der Waals surface area contributed by atoms with Crippen LogP contribution in [0.5, 0.6) is 5.75 Å². The second-order valence-corrected chi connectivity index (χ2v) is 6.68. The summed E-state index contributed by atoms with van der Waals surface area (Å²) in [6, 6.07) is 14.9. The number of aryl methyl sites for hydroxylation is 1. The number of amides is 1. The maximum atomic E-state index is 12.7. The van der Waals surface area contributed by atoms with Gasteiger partial charge < -0.3 is 14.8 Å². The Hall–Kier alpha value is -2.86. The van der Waals surface area contributed by atoms with Crippen molar-refractivity contribution >= 4 is 17.6 Å². The number of rotatable bonds is 6. The lowest BCUT2D eigenvalue weighted by atomic mass is 10.2. The zero-order valence-corrected chi connectivity index (χ0v) is 16.4. The van der Waals surface area contributed by atoms with Crippen LogP contribution >= 0.6 is 0 Å². The average molecular weight is 381 g/mol. The van der Waals surface area contributed by atoms with Crippen LogP contribution in [0, 0.1) is 6.92 Å². The molecule has 6 nitrogen and oxygen atoms in total. The first-order chi connectivity index (χ1) is 13.7. The van der Waals surface area contributed by atoms with Crippen molar-refractivity contribution in [2.24, 2.45) is 4.99 Å². The Morgan fingerprint density at radius 1 is 1.21 bits per heavy atom. The molecule has 3 rings (SSSR count). The zero-order chi connectivity index (χ0) is 19.8. The molecule has 0 unspecified atom stereocenters. The Morgan fingerprint density at radius 2 is 2.00 bits per heavy atom. The van der Waals surface area contributed by atoms with Crippen LogP contribution in [0.4, 0.5) is 5.69 Å². The first kappa shape index (κ1) is 19.9. The number of benzene rings is 2. The van der Waals surface area contributed by atoms with Crippen LogP contribution in [0.25, 0.3) is 0 Å². The first-order valence-corrected chi connectivity index (χ1v) is 9.68. The van der Waals surface area contributed by atoms with Gasteiger partial charge in [-0.25, -0.2) is 4.99 Å². The van der Waals surface area contributed by atoms with Gasteiger partial charge in [0, 0.05) is 17.9 Å². The number of hydrogen-bond donors (Lipinski definition) is 2.